The molecule has 1 aliphatic rings. The molecule has 2 heterocycles. The maximum absolute atomic E-state index is 12.2. The quantitative estimate of drug-likeness (QED) is 0.840. The molecule has 1 aliphatic heterocycles. The topological polar surface area (TPSA) is 57.3 Å². The van der Waals surface area contributed by atoms with E-state index in [0.717, 1.165) is 25.2 Å². The standard InChI is InChI=1S/C14H22N4O/c1-3-16-13-10-15-7-6-12(13)14(19)17-9-11-5-4-8-18(11)2/h6-7,10-11,16H,3-5,8-9H2,1-2H3,(H,17,19). The number of rotatable bonds is 5. The van der Waals surface area contributed by atoms with Crippen LogP contribution in [0.1, 0.15) is 30.1 Å². The van der Waals surface area contributed by atoms with Crippen LogP contribution in [0.15, 0.2) is 18.5 Å². The van der Waals surface area contributed by atoms with Crippen LogP contribution < -0.4 is 10.6 Å². The first kappa shape index (κ1) is 13.8. The molecule has 1 amide bonds. The molecule has 104 valence electrons. The summed E-state index contributed by atoms with van der Waals surface area (Å²) in [6, 6.07) is 2.22. The Kier molecular flexibility index (Phi) is 4.74. The van der Waals surface area contributed by atoms with Gasteiger partial charge in [-0.25, -0.2) is 0 Å². The second-order valence-corrected chi connectivity index (χ2v) is 4.94. The molecule has 1 unspecified atom stereocenters. The maximum atomic E-state index is 12.2. The van der Waals surface area contributed by atoms with Gasteiger partial charge in [0.05, 0.1) is 17.4 Å². The van der Waals surface area contributed by atoms with Gasteiger partial charge in [-0.15, -0.1) is 0 Å². The SMILES string of the molecule is CCNc1cnccc1C(=O)NCC1CCCN1C. The number of likely N-dealkylation sites (N-methyl/N-ethyl adjacent to an activating group) is 1. The van der Waals surface area contributed by atoms with Crippen molar-refractivity contribution >= 4 is 11.6 Å². The number of aromatic nitrogens is 1. The molecule has 0 aromatic carbocycles. The summed E-state index contributed by atoms with van der Waals surface area (Å²) in [5, 5.41) is 6.18. The van der Waals surface area contributed by atoms with Gasteiger partial charge in [-0.3, -0.25) is 9.78 Å². The van der Waals surface area contributed by atoms with Crippen LogP contribution in [0.25, 0.3) is 0 Å². The fraction of sp³-hybridized carbons (Fsp3) is 0.571. The zero-order valence-electron chi connectivity index (χ0n) is 11.6. The van der Waals surface area contributed by atoms with Gasteiger partial charge < -0.3 is 15.5 Å². The van der Waals surface area contributed by atoms with Crippen LogP contribution in [0.5, 0.6) is 0 Å². The Balaban J connectivity index is 1.95. The highest BCUT2D eigenvalue weighted by Crippen LogP contribution is 2.15. The van der Waals surface area contributed by atoms with Crippen molar-refractivity contribution in [2.45, 2.75) is 25.8 Å². The summed E-state index contributed by atoms with van der Waals surface area (Å²) in [7, 11) is 2.11. The molecular weight excluding hydrogens is 240 g/mol. The first-order valence-electron chi connectivity index (χ1n) is 6.88. The van der Waals surface area contributed by atoms with Gasteiger partial charge in [0.25, 0.3) is 5.91 Å². The lowest BCUT2D eigenvalue weighted by Crippen LogP contribution is -2.38. The second kappa shape index (κ2) is 6.52. The van der Waals surface area contributed by atoms with E-state index in [4.69, 9.17) is 0 Å². The Labute approximate surface area is 114 Å². The zero-order valence-corrected chi connectivity index (χ0v) is 11.6. The van der Waals surface area contributed by atoms with E-state index >= 15 is 0 Å². The van der Waals surface area contributed by atoms with E-state index in [1.165, 1.54) is 6.42 Å². The van der Waals surface area contributed by atoms with Crippen LogP contribution in [0.3, 0.4) is 0 Å². The van der Waals surface area contributed by atoms with Gasteiger partial charge in [0.15, 0.2) is 0 Å². The van der Waals surface area contributed by atoms with Gasteiger partial charge in [-0.2, -0.15) is 0 Å². The monoisotopic (exact) mass is 262 g/mol. The number of likely N-dealkylation sites (tertiary alicyclic amines) is 1. The molecular formula is C14H22N4O. The summed E-state index contributed by atoms with van der Waals surface area (Å²) in [6.45, 7) is 4.61. The molecule has 0 aliphatic carbocycles. The summed E-state index contributed by atoms with van der Waals surface area (Å²) < 4.78 is 0. The molecule has 2 N–H and O–H groups in total. The Morgan fingerprint density at radius 1 is 1.58 bits per heavy atom. The predicted molar refractivity (Wildman–Crippen MR) is 76.4 cm³/mol. The number of carbonyl (C=O) groups excluding carboxylic acids is 1. The van der Waals surface area contributed by atoms with Crippen molar-refractivity contribution in [3.8, 4) is 0 Å². The molecule has 0 spiro atoms. The van der Waals surface area contributed by atoms with Gasteiger partial charge in [-0.1, -0.05) is 0 Å². The first-order valence-corrected chi connectivity index (χ1v) is 6.88. The lowest BCUT2D eigenvalue weighted by molar-refractivity contribution is 0.0944. The lowest BCUT2D eigenvalue weighted by atomic mass is 10.2. The minimum absolute atomic E-state index is 0.0290. The van der Waals surface area contributed by atoms with Gasteiger partial charge in [0, 0.05) is 25.3 Å². The van der Waals surface area contributed by atoms with Gasteiger partial charge in [0.1, 0.15) is 0 Å². The Bertz CT molecular complexity index is 435. The number of nitrogens with one attached hydrogen (secondary N) is 2. The average molecular weight is 262 g/mol. The van der Waals surface area contributed by atoms with Crippen molar-refractivity contribution in [1.29, 1.82) is 0 Å². The molecule has 19 heavy (non-hydrogen) atoms. The normalized spacial score (nSPS) is 19.4. The largest absolute Gasteiger partial charge is 0.383 e. The van der Waals surface area contributed by atoms with Crippen LogP contribution in [0, 0.1) is 0 Å². The van der Waals surface area contributed by atoms with E-state index in [9.17, 15) is 4.79 Å². The Morgan fingerprint density at radius 2 is 2.42 bits per heavy atom. The van der Waals surface area contributed by atoms with E-state index in [0.29, 0.717) is 18.2 Å². The molecule has 0 bridgehead atoms. The highest BCUT2D eigenvalue weighted by molar-refractivity contribution is 5.99. The van der Waals surface area contributed by atoms with E-state index in [1.807, 2.05) is 6.92 Å². The zero-order chi connectivity index (χ0) is 13.7. The van der Waals surface area contributed by atoms with Gasteiger partial charge >= 0.3 is 0 Å². The molecule has 0 radical (unpaired) electrons. The van der Waals surface area contributed by atoms with E-state index in [-0.39, 0.29) is 5.91 Å². The third kappa shape index (κ3) is 3.44. The Morgan fingerprint density at radius 3 is 3.11 bits per heavy atom. The number of nitrogens with zero attached hydrogens (tertiary/aromatic N) is 2. The predicted octanol–water partition coefficient (Wildman–Crippen LogP) is 1.34. The van der Waals surface area contributed by atoms with Crippen molar-refractivity contribution in [3.63, 3.8) is 0 Å². The van der Waals surface area contributed by atoms with Crippen LogP contribution in [-0.4, -0.2) is 48.5 Å². The maximum Gasteiger partial charge on any atom is 0.253 e. The molecule has 1 atom stereocenters. The number of hydrogen-bond donors (Lipinski definition) is 2. The fourth-order valence-corrected chi connectivity index (χ4v) is 2.47. The molecule has 1 aromatic heterocycles. The van der Waals surface area contributed by atoms with Crippen molar-refractivity contribution < 1.29 is 4.79 Å². The van der Waals surface area contributed by atoms with E-state index < -0.39 is 0 Å². The summed E-state index contributed by atoms with van der Waals surface area (Å²) in [5.74, 6) is -0.0290. The molecule has 2 rings (SSSR count). The van der Waals surface area contributed by atoms with Crippen molar-refractivity contribution in [1.82, 2.24) is 15.2 Å². The summed E-state index contributed by atoms with van der Waals surface area (Å²) >= 11 is 0. The van der Waals surface area contributed by atoms with Crippen LogP contribution in [0.4, 0.5) is 5.69 Å². The lowest BCUT2D eigenvalue weighted by Gasteiger charge is -2.20. The fourth-order valence-electron chi connectivity index (χ4n) is 2.47. The number of hydrogen-bond acceptors (Lipinski definition) is 4. The smallest absolute Gasteiger partial charge is 0.253 e. The number of anilines is 1. The average Bonchev–Trinajstić information content (AvgIpc) is 2.82. The van der Waals surface area contributed by atoms with Crippen LogP contribution in [-0.2, 0) is 0 Å². The molecule has 1 fully saturated rings. The number of amides is 1. The van der Waals surface area contributed by atoms with Crippen molar-refractivity contribution in [2.24, 2.45) is 0 Å². The number of pyridine rings is 1. The molecule has 1 aromatic rings. The molecule has 5 nitrogen and oxygen atoms in total. The summed E-state index contributed by atoms with van der Waals surface area (Å²) in [5.41, 5.74) is 1.46. The van der Waals surface area contributed by atoms with Gasteiger partial charge in [-0.05, 0) is 39.4 Å². The van der Waals surface area contributed by atoms with Gasteiger partial charge in [0.2, 0.25) is 0 Å². The highest BCUT2D eigenvalue weighted by Gasteiger charge is 2.21. The first-order chi connectivity index (χ1) is 9.22. The van der Waals surface area contributed by atoms with E-state index in [1.54, 1.807) is 18.5 Å². The van der Waals surface area contributed by atoms with Crippen LogP contribution in [0.2, 0.25) is 0 Å². The summed E-state index contributed by atoms with van der Waals surface area (Å²) in [4.78, 5) is 18.6. The van der Waals surface area contributed by atoms with Crippen molar-refractivity contribution in [2.75, 3.05) is 32.0 Å². The Hall–Kier alpha value is -1.62. The van der Waals surface area contributed by atoms with Crippen molar-refractivity contribution in [3.05, 3.63) is 24.0 Å². The van der Waals surface area contributed by atoms with Crippen LogP contribution >= 0.6 is 0 Å². The molecule has 0 saturated carbocycles. The minimum atomic E-state index is -0.0290. The van der Waals surface area contributed by atoms with E-state index in [2.05, 4.69) is 27.6 Å². The highest BCUT2D eigenvalue weighted by atomic mass is 16.1. The third-order valence-electron chi connectivity index (χ3n) is 3.60. The molecule has 1 saturated heterocycles. The molecule has 5 heteroatoms. The minimum Gasteiger partial charge on any atom is -0.383 e. The number of carbonyl (C=O) groups is 1. The third-order valence-corrected chi connectivity index (χ3v) is 3.60. The second-order valence-electron chi connectivity index (χ2n) is 4.94. The summed E-state index contributed by atoms with van der Waals surface area (Å²) in [6.07, 6.45) is 5.72.